The Morgan fingerprint density at radius 2 is 2.14 bits per heavy atom. The summed E-state index contributed by atoms with van der Waals surface area (Å²) >= 11 is 8.24. The monoisotopic (exact) mass is 324 g/mol. The van der Waals surface area contributed by atoms with Crippen molar-refractivity contribution in [2.75, 3.05) is 20.1 Å². The van der Waals surface area contributed by atoms with Crippen molar-refractivity contribution in [1.82, 2.24) is 10.6 Å². The Labute approximate surface area is 104 Å². The second-order valence-electron chi connectivity index (χ2n) is 3.03. The van der Waals surface area contributed by atoms with Gasteiger partial charge in [-0.15, -0.1) is 0 Å². The fraction of sp³-hybridized carbons (Fsp3) is 0.400. The van der Waals surface area contributed by atoms with Gasteiger partial charge < -0.3 is 10.6 Å². The first kappa shape index (κ1) is 12.2. The van der Waals surface area contributed by atoms with Gasteiger partial charge in [0, 0.05) is 23.2 Å². The summed E-state index contributed by atoms with van der Waals surface area (Å²) in [6.45, 7) is 2.83. The van der Waals surface area contributed by atoms with Gasteiger partial charge in [-0.2, -0.15) is 0 Å². The maximum absolute atomic E-state index is 6.01. The second-order valence-corrected chi connectivity index (χ2v) is 4.60. The van der Waals surface area contributed by atoms with E-state index >= 15 is 0 Å². The molecular weight excluding hydrogens is 310 g/mol. The van der Waals surface area contributed by atoms with E-state index in [-0.39, 0.29) is 0 Å². The van der Waals surface area contributed by atoms with Crippen LogP contribution < -0.4 is 10.6 Å². The number of benzene rings is 1. The first-order chi connectivity index (χ1) is 6.74. The van der Waals surface area contributed by atoms with Gasteiger partial charge >= 0.3 is 0 Å². The second kappa shape index (κ2) is 6.61. The third-order valence-corrected chi connectivity index (χ3v) is 3.44. The number of halogens is 2. The maximum atomic E-state index is 6.01. The van der Waals surface area contributed by atoms with E-state index in [0.717, 1.165) is 28.2 Å². The lowest BCUT2D eigenvalue weighted by molar-refractivity contribution is 0.651. The lowest BCUT2D eigenvalue weighted by Gasteiger charge is -2.05. The molecule has 14 heavy (non-hydrogen) atoms. The molecule has 0 unspecified atom stereocenters. The highest BCUT2D eigenvalue weighted by atomic mass is 127. The van der Waals surface area contributed by atoms with Crippen LogP contribution in [0.15, 0.2) is 18.2 Å². The Bertz CT molecular complexity index is 291. The molecule has 0 radical (unpaired) electrons. The molecule has 0 aliphatic rings. The highest BCUT2D eigenvalue weighted by molar-refractivity contribution is 14.1. The maximum Gasteiger partial charge on any atom is 0.0542 e. The summed E-state index contributed by atoms with van der Waals surface area (Å²) in [6.07, 6.45) is 0. The molecule has 1 aromatic carbocycles. The van der Waals surface area contributed by atoms with Gasteiger partial charge in [-0.3, -0.25) is 0 Å². The van der Waals surface area contributed by atoms with Crippen molar-refractivity contribution in [2.45, 2.75) is 6.54 Å². The molecule has 2 nitrogen and oxygen atoms in total. The number of rotatable bonds is 5. The summed E-state index contributed by atoms with van der Waals surface area (Å²) in [7, 11) is 1.95. The molecule has 0 amide bonds. The van der Waals surface area contributed by atoms with Crippen molar-refractivity contribution in [3.8, 4) is 0 Å². The van der Waals surface area contributed by atoms with E-state index in [4.69, 9.17) is 11.6 Å². The number of hydrogen-bond acceptors (Lipinski definition) is 2. The molecule has 0 aromatic heterocycles. The average molecular weight is 325 g/mol. The minimum Gasteiger partial charge on any atom is -0.318 e. The summed E-state index contributed by atoms with van der Waals surface area (Å²) in [5.41, 5.74) is 1.23. The van der Waals surface area contributed by atoms with Crippen molar-refractivity contribution in [3.63, 3.8) is 0 Å². The van der Waals surface area contributed by atoms with Crippen LogP contribution in [0.1, 0.15) is 5.56 Å². The molecule has 0 heterocycles. The van der Waals surface area contributed by atoms with Crippen LogP contribution >= 0.6 is 34.2 Å². The summed E-state index contributed by atoms with van der Waals surface area (Å²) < 4.78 is 1.10. The molecule has 0 spiro atoms. The zero-order chi connectivity index (χ0) is 10.4. The van der Waals surface area contributed by atoms with Crippen LogP contribution in [0, 0.1) is 3.57 Å². The Balaban J connectivity index is 2.39. The predicted molar refractivity (Wildman–Crippen MR) is 69.8 cm³/mol. The van der Waals surface area contributed by atoms with Crippen LogP contribution in [0.3, 0.4) is 0 Å². The molecule has 0 saturated carbocycles. The van der Waals surface area contributed by atoms with Crippen molar-refractivity contribution in [3.05, 3.63) is 32.4 Å². The topological polar surface area (TPSA) is 24.1 Å². The van der Waals surface area contributed by atoms with Crippen LogP contribution in [0.2, 0.25) is 5.02 Å². The molecule has 1 rings (SSSR count). The van der Waals surface area contributed by atoms with E-state index in [9.17, 15) is 0 Å². The van der Waals surface area contributed by atoms with E-state index in [1.54, 1.807) is 0 Å². The smallest absolute Gasteiger partial charge is 0.0542 e. The number of hydrogen-bond donors (Lipinski definition) is 2. The predicted octanol–water partition coefficient (Wildman–Crippen LogP) is 2.25. The van der Waals surface area contributed by atoms with Gasteiger partial charge in [-0.1, -0.05) is 17.7 Å². The minimum atomic E-state index is 0.832. The molecule has 0 bridgehead atoms. The lowest BCUT2D eigenvalue weighted by Crippen LogP contribution is -2.24. The largest absolute Gasteiger partial charge is 0.318 e. The van der Waals surface area contributed by atoms with Gasteiger partial charge in [0.05, 0.1) is 5.02 Å². The van der Waals surface area contributed by atoms with Crippen molar-refractivity contribution < 1.29 is 0 Å². The van der Waals surface area contributed by atoms with Crippen LogP contribution in [0.25, 0.3) is 0 Å². The highest BCUT2D eigenvalue weighted by Gasteiger charge is 1.98. The van der Waals surface area contributed by atoms with Crippen molar-refractivity contribution in [1.29, 1.82) is 0 Å². The highest BCUT2D eigenvalue weighted by Crippen LogP contribution is 2.19. The van der Waals surface area contributed by atoms with E-state index in [2.05, 4.69) is 39.3 Å². The first-order valence-electron chi connectivity index (χ1n) is 4.53. The van der Waals surface area contributed by atoms with E-state index in [0.29, 0.717) is 0 Å². The molecule has 0 aliphatic carbocycles. The zero-order valence-corrected chi connectivity index (χ0v) is 11.0. The van der Waals surface area contributed by atoms with Gasteiger partial charge in [0.15, 0.2) is 0 Å². The number of nitrogens with one attached hydrogen (secondary N) is 2. The van der Waals surface area contributed by atoms with Crippen LogP contribution in [-0.4, -0.2) is 20.1 Å². The molecule has 4 heteroatoms. The molecule has 0 aliphatic heterocycles. The lowest BCUT2D eigenvalue weighted by atomic mass is 10.2. The van der Waals surface area contributed by atoms with Gasteiger partial charge in [-0.05, 0) is 47.3 Å². The number of likely N-dealkylation sites (N-methyl/N-ethyl adjacent to an activating group) is 1. The third kappa shape index (κ3) is 4.13. The molecule has 78 valence electrons. The fourth-order valence-corrected chi connectivity index (χ4v) is 1.63. The SMILES string of the molecule is CNCCNCc1ccc(I)c(Cl)c1. The van der Waals surface area contributed by atoms with Crippen LogP contribution in [-0.2, 0) is 6.54 Å². The summed E-state index contributed by atoms with van der Waals surface area (Å²) in [5.74, 6) is 0. The zero-order valence-electron chi connectivity index (χ0n) is 8.11. The molecule has 0 fully saturated rings. The molecule has 0 saturated heterocycles. The Morgan fingerprint density at radius 3 is 2.79 bits per heavy atom. The first-order valence-corrected chi connectivity index (χ1v) is 5.99. The Hall–Kier alpha value is 0.160. The van der Waals surface area contributed by atoms with Gasteiger partial charge in [-0.25, -0.2) is 0 Å². The normalized spacial score (nSPS) is 10.5. The van der Waals surface area contributed by atoms with E-state index < -0.39 is 0 Å². The van der Waals surface area contributed by atoms with Crippen LogP contribution in [0.5, 0.6) is 0 Å². The molecule has 2 N–H and O–H groups in total. The van der Waals surface area contributed by atoms with Crippen molar-refractivity contribution >= 4 is 34.2 Å². The van der Waals surface area contributed by atoms with Gasteiger partial charge in [0.25, 0.3) is 0 Å². The minimum absolute atomic E-state index is 0.832. The summed E-state index contributed by atoms with van der Waals surface area (Å²) in [5, 5.41) is 7.24. The summed E-state index contributed by atoms with van der Waals surface area (Å²) in [6, 6.07) is 6.15. The van der Waals surface area contributed by atoms with E-state index in [1.807, 2.05) is 19.2 Å². The third-order valence-electron chi connectivity index (χ3n) is 1.86. The standard InChI is InChI=1S/C10H14ClIN2/c1-13-4-5-14-7-8-2-3-10(12)9(11)6-8/h2-3,6,13-14H,4-5,7H2,1H3. The summed E-state index contributed by atoms with van der Waals surface area (Å²) in [4.78, 5) is 0. The Morgan fingerprint density at radius 1 is 1.36 bits per heavy atom. The van der Waals surface area contributed by atoms with E-state index in [1.165, 1.54) is 5.56 Å². The molecule has 0 atom stereocenters. The van der Waals surface area contributed by atoms with Gasteiger partial charge in [0.2, 0.25) is 0 Å². The average Bonchev–Trinajstić information content (AvgIpc) is 2.18. The fourth-order valence-electron chi connectivity index (χ4n) is 1.10. The van der Waals surface area contributed by atoms with Crippen LogP contribution in [0.4, 0.5) is 0 Å². The Kier molecular flexibility index (Phi) is 5.77. The quantitative estimate of drug-likeness (QED) is 0.641. The molecular formula is C10H14ClIN2. The van der Waals surface area contributed by atoms with Gasteiger partial charge in [0.1, 0.15) is 0 Å². The molecule has 1 aromatic rings. The van der Waals surface area contributed by atoms with Crippen molar-refractivity contribution in [2.24, 2.45) is 0 Å².